The molecule has 5 rings (SSSR count). The van der Waals surface area contributed by atoms with Crippen LogP contribution in [-0.2, 0) is 0 Å². The molecular weight excluding hydrogens is 378 g/mol. The van der Waals surface area contributed by atoms with Crippen molar-refractivity contribution in [1.29, 1.82) is 0 Å². The lowest BCUT2D eigenvalue weighted by Crippen LogP contribution is -2.31. The first-order valence-corrected chi connectivity index (χ1v) is 10.0. The van der Waals surface area contributed by atoms with E-state index in [2.05, 4.69) is 15.4 Å². The van der Waals surface area contributed by atoms with E-state index in [0.29, 0.717) is 23.6 Å². The molecule has 30 heavy (non-hydrogen) atoms. The van der Waals surface area contributed by atoms with Crippen molar-refractivity contribution in [2.24, 2.45) is 0 Å². The van der Waals surface area contributed by atoms with Gasteiger partial charge in [-0.3, -0.25) is 4.79 Å². The Kier molecular flexibility index (Phi) is 4.63. The van der Waals surface area contributed by atoms with E-state index in [-0.39, 0.29) is 11.9 Å². The zero-order valence-electron chi connectivity index (χ0n) is 16.6. The highest BCUT2D eigenvalue weighted by Gasteiger charge is 2.34. The molecule has 1 fully saturated rings. The summed E-state index contributed by atoms with van der Waals surface area (Å²) < 4.78 is 5.59. The van der Waals surface area contributed by atoms with Gasteiger partial charge in [-0.1, -0.05) is 47.1 Å². The minimum Gasteiger partial charge on any atom is -0.356 e. The maximum Gasteiger partial charge on any atom is 0.256 e. The van der Waals surface area contributed by atoms with Gasteiger partial charge in [0.05, 0.1) is 29.7 Å². The van der Waals surface area contributed by atoms with Gasteiger partial charge in [-0.25, -0.2) is 0 Å². The predicted molar refractivity (Wildman–Crippen MR) is 111 cm³/mol. The second-order valence-corrected chi connectivity index (χ2v) is 7.48. The molecule has 0 N–H and O–H groups in total. The molecule has 0 spiro atoms. The molecule has 2 aromatic carbocycles. The number of amides is 1. The highest BCUT2D eigenvalue weighted by molar-refractivity contribution is 5.98. The van der Waals surface area contributed by atoms with Gasteiger partial charge in [-0.2, -0.15) is 15.0 Å². The lowest BCUT2D eigenvalue weighted by molar-refractivity contribution is 0.0730. The van der Waals surface area contributed by atoms with Crippen molar-refractivity contribution in [2.75, 3.05) is 6.54 Å². The van der Waals surface area contributed by atoms with E-state index in [0.717, 1.165) is 29.7 Å². The maximum atomic E-state index is 13.6. The fourth-order valence-electron chi connectivity index (χ4n) is 3.99. The maximum absolute atomic E-state index is 13.6. The van der Waals surface area contributed by atoms with Crippen LogP contribution in [0.15, 0.2) is 71.5 Å². The summed E-state index contributed by atoms with van der Waals surface area (Å²) in [7, 11) is 0. The lowest BCUT2D eigenvalue weighted by atomic mass is 10.1. The number of hydrogen-bond acceptors (Lipinski definition) is 5. The van der Waals surface area contributed by atoms with Gasteiger partial charge in [0.25, 0.3) is 5.91 Å². The molecule has 1 saturated heterocycles. The minimum absolute atomic E-state index is 0.0437. The second-order valence-electron chi connectivity index (χ2n) is 7.48. The molecule has 1 aliphatic rings. The van der Waals surface area contributed by atoms with Crippen LogP contribution in [0.4, 0.5) is 0 Å². The molecule has 0 bridgehead atoms. The molecule has 2 aromatic heterocycles. The third-order valence-electron chi connectivity index (χ3n) is 5.46. The highest BCUT2D eigenvalue weighted by atomic mass is 16.5. The van der Waals surface area contributed by atoms with E-state index in [9.17, 15) is 4.79 Å². The normalized spacial score (nSPS) is 16.2. The molecule has 150 valence electrons. The summed E-state index contributed by atoms with van der Waals surface area (Å²) in [5, 5.41) is 12.7. The summed E-state index contributed by atoms with van der Waals surface area (Å²) in [5.74, 6) is 0.666. The Morgan fingerprint density at radius 1 is 1.07 bits per heavy atom. The number of carbonyl (C=O) groups excluding carboxylic acids is 1. The van der Waals surface area contributed by atoms with Gasteiger partial charge >= 0.3 is 0 Å². The van der Waals surface area contributed by atoms with Crippen LogP contribution in [0.2, 0.25) is 0 Å². The zero-order valence-corrected chi connectivity index (χ0v) is 16.6. The molecule has 1 aliphatic heterocycles. The molecule has 7 heteroatoms. The molecule has 1 amide bonds. The van der Waals surface area contributed by atoms with Crippen molar-refractivity contribution < 1.29 is 9.32 Å². The number of hydrogen-bond donors (Lipinski definition) is 0. The van der Waals surface area contributed by atoms with Crippen LogP contribution in [0.25, 0.3) is 17.0 Å². The summed E-state index contributed by atoms with van der Waals surface area (Å²) in [6, 6.07) is 17.4. The Bertz CT molecular complexity index is 1170. The fraction of sp³-hybridized carbons (Fsp3) is 0.217. The number of carbonyl (C=O) groups is 1. The van der Waals surface area contributed by atoms with Crippen molar-refractivity contribution in [3.8, 4) is 17.0 Å². The molecular formula is C23H21N5O2. The first-order valence-electron chi connectivity index (χ1n) is 10.0. The summed E-state index contributed by atoms with van der Waals surface area (Å²) >= 11 is 0. The third-order valence-corrected chi connectivity index (χ3v) is 5.46. The summed E-state index contributed by atoms with van der Waals surface area (Å²) in [6.45, 7) is 2.65. The average Bonchev–Trinajstić information content (AvgIpc) is 3.55. The minimum atomic E-state index is -0.113. The van der Waals surface area contributed by atoms with E-state index in [1.807, 2.05) is 66.4 Å². The van der Waals surface area contributed by atoms with Crippen molar-refractivity contribution >= 4 is 5.91 Å². The van der Waals surface area contributed by atoms with Gasteiger partial charge in [0.1, 0.15) is 5.69 Å². The van der Waals surface area contributed by atoms with Crippen LogP contribution in [-0.4, -0.2) is 37.5 Å². The number of nitrogens with zero attached hydrogens (tertiary/aromatic N) is 5. The second kappa shape index (κ2) is 7.59. The lowest BCUT2D eigenvalue weighted by Gasteiger charge is -2.24. The van der Waals surface area contributed by atoms with E-state index in [4.69, 9.17) is 4.52 Å². The molecule has 3 heterocycles. The summed E-state index contributed by atoms with van der Waals surface area (Å²) in [5.41, 5.74) is 4.03. The van der Waals surface area contributed by atoms with Crippen molar-refractivity contribution in [3.05, 3.63) is 83.8 Å². The number of benzene rings is 2. The monoisotopic (exact) mass is 399 g/mol. The molecule has 0 saturated carbocycles. The number of aromatic nitrogens is 4. The average molecular weight is 399 g/mol. The molecule has 1 atom stereocenters. The Labute approximate surface area is 173 Å². The fourth-order valence-corrected chi connectivity index (χ4v) is 3.99. The van der Waals surface area contributed by atoms with Gasteiger partial charge in [0, 0.05) is 18.2 Å². The number of aryl methyl sites for hydroxylation is 1. The number of likely N-dealkylation sites (tertiary alicyclic amines) is 1. The summed E-state index contributed by atoms with van der Waals surface area (Å²) in [6.07, 6.45) is 4.99. The van der Waals surface area contributed by atoms with Crippen molar-refractivity contribution in [3.63, 3.8) is 0 Å². The summed E-state index contributed by atoms with van der Waals surface area (Å²) in [4.78, 5) is 16.9. The van der Waals surface area contributed by atoms with Gasteiger partial charge < -0.3 is 9.42 Å². The van der Waals surface area contributed by atoms with E-state index < -0.39 is 0 Å². The largest absolute Gasteiger partial charge is 0.356 e. The topological polar surface area (TPSA) is 77.0 Å². The molecule has 7 nitrogen and oxygen atoms in total. The molecule has 0 radical (unpaired) electrons. The molecule has 0 unspecified atom stereocenters. The van der Waals surface area contributed by atoms with Crippen molar-refractivity contribution in [1.82, 2.24) is 25.1 Å². The first-order chi connectivity index (χ1) is 14.7. The molecule has 4 aromatic rings. The SMILES string of the molecule is Cc1ccc(-n2nccn2)c(C(=O)N2CCC[C@H]2c2cc(-c3ccccc3)on2)c1. The van der Waals surface area contributed by atoms with Gasteiger partial charge in [0.2, 0.25) is 0 Å². The Morgan fingerprint density at radius 2 is 1.87 bits per heavy atom. The third kappa shape index (κ3) is 3.28. The van der Waals surface area contributed by atoms with E-state index >= 15 is 0 Å². The van der Waals surface area contributed by atoms with Crippen LogP contribution in [0.5, 0.6) is 0 Å². The van der Waals surface area contributed by atoms with Gasteiger partial charge in [-0.05, 0) is 31.9 Å². The van der Waals surface area contributed by atoms with Crippen LogP contribution < -0.4 is 0 Å². The smallest absolute Gasteiger partial charge is 0.256 e. The molecule has 0 aliphatic carbocycles. The van der Waals surface area contributed by atoms with Crippen molar-refractivity contribution in [2.45, 2.75) is 25.8 Å². The van der Waals surface area contributed by atoms with Gasteiger partial charge in [0.15, 0.2) is 5.76 Å². The van der Waals surface area contributed by atoms with E-state index in [1.54, 1.807) is 12.4 Å². The first kappa shape index (κ1) is 18.3. The predicted octanol–water partition coefficient (Wildman–Crippen LogP) is 4.21. The van der Waals surface area contributed by atoms with Gasteiger partial charge in [-0.15, -0.1) is 0 Å². The van der Waals surface area contributed by atoms with Crippen LogP contribution in [0.1, 0.15) is 40.5 Å². The zero-order chi connectivity index (χ0) is 20.5. The van der Waals surface area contributed by atoms with Crippen LogP contribution in [0.3, 0.4) is 0 Å². The van der Waals surface area contributed by atoms with Crippen LogP contribution >= 0.6 is 0 Å². The Balaban J connectivity index is 1.47. The number of rotatable bonds is 4. The standard InChI is InChI=1S/C23H21N5O2/c1-16-9-10-20(28-24-11-12-25-28)18(14-16)23(29)27-13-5-8-21(27)19-15-22(30-26-19)17-6-3-2-4-7-17/h2-4,6-7,9-12,14-15,21H,5,8,13H2,1H3/t21-/m0/s1. The highest BCUT2D eigenvalue weighted by Crippen LogP contribution is 2.35. The Hall–Kier alpha value is -3.74. The Morgan fingerprint density at radius 3 is 2.67 bits per heavy atom. The van der Waals surface area contributed by atoms with Crippen LogP contribution in [0, 0.1) is 6.92 Å². The quantitative estimate of drug-likeness (QED) is 0.514. The van der Waals surface area contributed by atoms with E-state index in [1.165, 1.54) is 4.80 Å².